The number of rotatable bonds is 16. The van der Waals surface area contributed by atoms with Crippen LogP contribution in [0.4, 0.5) is 30.8 Å². The van der Waals surface area contributed by atoms with E-state index in [2.05, 4.69) is 51.5 Å². The number of carbonyl (C=O) groups is 4. The number of H-pyrrole nitrogens is 1. The molecule has 1 atom stereocenters. The van der Waals surface area contributed by atoms with Gasteiger partial charge in [-0.15, -0.1) is 0 Å². The van der Waals surface area contributed by atoms with E-state index in [-0.39, 0.29) is 37.0 Å². The zero-order valence-corrected chi connectivity index (χ0v) is 27.8. The number of aliphatic carboxylic acids is 1. The van der Waals surface area contributed by atoms with Crippen LogP contribution in [0.1, 0.15) is 40.9 Å². The minimum Gasteiger partial charge on any atom is -0.480 e. The van der Waals surface area contributed by atoms with Crippen molar-refractivity contribution in [2.45, 2.75) is 43.4 Å². The molecule has 3 amide bonds. The van der Waals surface area contributed by atoms with Gasteiger partial charge >= 0.3 is 30.0 Å². The summed E-state index contributed by atoms with van der Waals surface area (Å²) >= 11 is 6.01. The number of nitrogens with zero attached hydrogens (tertiary/aromatic N) is 4. The molecule has 0 spiro atoms. The van der Waals surface area contributed by atoms with Crippen LogP contribution in [0.2, 0.25) is 5.02 Å². The van der Waals surface area contributed by atoms with E-state index in [0.717, 1.165) is 5.56 Å². The van der Waals surface area contributed by atoms with Gasteiger partial charge in [0, 0.05) is 42.0 Å². The first-order valence-electron chi connectivity index (χ1n) is 15.7. The van der Waals surface area contributed by atoms with Crippen molar-refractivity contribution >= 4 is 52.9 Å². The van der Waals surface area contributed by atoms with Crippen LogP contribution in [0, 0.1) is 0 Å². The normalized spacial score (nSPS) is 13.7. The fraction of sp³-hybridized carbons (Fsp3) is 0.312. The fourth-order valence-corrected chi connectivity index (χ4v) is 4.95. The van der Waals surface area contributed by atoms with Gasteiger partial charge in [-0.2, -0.15) is 28.1 Å². The Hall–Kier alpha value is -5.98. The van der Waals surface area contributed by atoms with Gasteiger partial charge in [0.15, 0.2) is 6.61 Å². The van der Waals surface area contributed by atoms with Gasteiger partial charge in [0.05, 0.1) is 17.6 Å². The molecule has 2 aromatic heterocycles. The topological polar surface area (TPSA) is 225 Å². The Kier molecular flexibility index (Phi) is 11.7. The summed E-state index contributed by atoms with van der Waals surface area (Å²) in [5.41, 5.74) is 1.42. The molecule has 16 nitrogen and oxygen atoms in total. The monoisotopic (exact) mass is 744 g/mol. The maximum absolute atomic E-state index is 12.9. The summed E-state index contributed by atoms with van der Waals surface area (Å²) in [4.78, 5) is 67.8. The molecule has 52 heavy (non-hydrogen) atoms. The Bertz CT molecular complexity index is 1880. The number of carboxylic acids is 1. The zero-order chi connectivity index (χ0) is 37.3. The van der Waals surface area contributed by atoms with Gasteiger partial charge in [0.2, 0.25) is 11.9 Å². The lowest BCUT2D eigenvalue weighted by Gasteiger charge is -2.19. The molecule has 274 valence electrons. The largest absolute Gasteiger partial charge is 0.480 e. The minimum absolute atomic E-state index is 0.0418. The number of aromatic amines is 1. The van der Waals surface area contributed by atoms with E-state index >= 15 is 0 Å². The summed E-state index contributed by atoms with van der Waals surface area (Å²) < 4.78 is 43.5. The highest BCUT2D eigenvalue weighted by atomic mass is 35.5. The quantitative estimate of drug-likeness (QED) is 0.0822. The first-order chi connectivity index (χ1) is 24.8. The number of alkyl halides is 3. The van der Waals surface area contributed by atoms with Gasteiger partial charge in [-0.1, -0.05) is 23.7 Å². The second kappa shape index (κ2) is 16.4. The highest BCUT2D eigenvalue weighted by molar-refractivity contribution is 6.35. The molecular weight excluding hydrogens is 713 g/mol. The lowest BCUT2D eigenvalue weighted by atomic mass is 10.1. The van der Waals surface area contributed by atoms with Crippen LogP contribution < -0.4 is 31.3 Å². The van der Waals surface area contributed by atoms with E-state index in [1.165, 1.54) is 30.6 Å². The maximum Gasteiger partial charge on any atom is 0.422 e. The number of carbonyl (C=O) groups excluding carboxylic acids is 3. The Morgan fingerprint density at radius 3 is 2.23 bits per heavy atom. The third-order valence-corrected chi connectivity index (χ3v) is 7.88. The molecule has 2 heterocycles. The predicted molar refractivity (Wildman–Crippen MR) is 179 cm³/mol. The number of amides is 3. The van der Waals surface area contributed by atoms with E-state index in [9.17, 15) is 37.5 Å². The minimum atomic E-state index is -4.64. The van der Waals surface area contributed by atoms with Crippen molar-refractivity contribution in [1.82, 2.24) is 40.9 Å². The molecule has 2 aromatic carbocycles. The van der Waals surface area contributed by atoms with Crippen LogP contribution in [0.15, 0.2) is 61.1 Å². The molecule has 1 saturated carbocycles. The van der Waals surface area contributed by atoms with Gasteiger partial charge in [-0.05, 0) is 61.2 Å². The summed E-state index contributed by atoms with van der Waals surface area (Å²) in [5, 5.41) is 23.3. The van der Waals surface area contributed by atoms with Crippen LogP contribution >= 0.6 is 11.6 Å². The van der Waals surface area contributed by atoms with E-state index in [4.69, 9.17) is 16.3 Å². The number of ether oxygens (including phenoxy) is 1. The van der Waals surface area contributed by atoms with Crippen LogP contribution in [-0.4, -0.2) is 85.6 Å². The summed E-state index contributed by atoms with van der Waals surface area (Å²) in [5.74, 6) is -4.17. The van der Waals surface area contributed by atoms with Gasteiger partial charge in [0.1, 0.15) is 6.04 Å². The van der Waals surface area contributed by atoms with E-state index in [1.807, 2.05) is 12.1 Å². The van der Waals surface area contributed by atoms with Crippen molar-refractivity contribution in [3.8, 4) is 6.01 Å². The second-order valence-electron chi connectivity index (χ2n) is 11.6. The van der Waals surface area contributed by atoms with Gasteiger partial charge in [-0.3, -0.25) is 14.4 Å². The number of carboxylic acid groups (broad SMARTS) is 1. The molecule has 1 aliphatic rings. The molecule has 7 N–H and O–H groups in total. The molecule has 20 heteroatoms. The SMILES string of the molecule is O=C(NCCc1c[nH]cn1)C(=O)NCC[C@H](NC(=O)c1ccc(Nc2nc(NC3(c4ccc(Cl)cc4)CC3)nc(OCC(F)(F)F)n2)cc1)C(=O)O. The van der Waals surface area contributed by atoms with Crippen LogP contribution in [-0.2, 0) is 26.3 Å². The Balaban J connectivity index is 1.17. The van der Waals surface area contributed by atoms with E-state index in [1.54, 1.807) is 18.3 Å². The van der Waals surface area contributed by atoms with Crippen LogP contribution in [0.3, 0.4) is 0 Å². The standard InChI is InChI=1S/C32H32ClF3N10O6/c33-20-5-3-19(4-6-20)31(11-12-31)46-29-43-28(44-30(45-29)52-16-32(34,35)36)41-21-7-1-18(2-8-21)24(47)42-23(27(50)51)10-14-39-26(49)25(48)38-13-9-22-15-37-17-40-22/h1-8,15,17,23H,9-14,16H2,(H,37,40)(H,38,48)(H,39,49)(H,42,47)(H,50,51)(H2,41,43,44,45,46)/t23-/m0/s1. The molecular formula is C32H32ClF3N10O6. The fourth-order valence-electron chi connectivity index (χ4n) is 4.83. The second-order valence-corrected chi connectivity index (χ2v) is 12.0. The average molecular weight is 745 g/mol. The number of halogens is 4. The zero-order valence-electron chi connectivity index (χ0n) is 27.1. The number of hydrogen-bond donors (Lipinski definition) is 7. The highest BCUT2D eigenvalue weighted by Crippen LogP contribution is 2.48. The summed E-state index contributed by atoms with van der Waals surface area (Å²) in [6.07, 6.45) is 0.0694. The third kappa shape index (κ3) is 10.8. The molecule has 5 rings (SSSR count). The van der Waals surface area contributed by atoms with Crippen LogP contribution in [0.5, 0.6) is 6.01 Å². The van der Waals surface area contributed by atoms with E-state index in [0.29, 0.717) is 35.7 Å². The van der Waals surface area contributed by atoms with Crippen molar-refractivity contribution in [3.63, 3.8) is 0 Å². The molecule has 0 aliphatic heterocycles. The van der Waals surface area contributed by atoms with Crippen molar-refractivity contribution in [2.24, 2.45) is 0 Å². The van der Waals surface area contributed by atoms with Crippen molar-refractivity contribution in [2.75, 3.05) is 30.3 Å². The average Bonchev–Trinajstić information content (AvgIpc) is 3.68. The molecule has 1 fully saturated rings. The summed E-state index contributed by atoms with van der Waals surface area (Å²) in [6.45, 7) is -1.69. The summed E-state index contributed by atoms with van der Waals surface area (Å²) in [7, 11) is 0. The number of benzene rings is 2. The Morgan fingerprint density at radius 2 is 1.62 bits per heavy atom. The molecule has 1 aliphatic carbocycles. The third-order valence-electron chi connectivity index (χ3n) is 7.63. The smallest absolute Gasteiger partial charge is 0.422 e. The van der Waals surface area contributed by atoms with Crippen molar-refractivity contribution < 1.29 is 42.2 Å². The van der Waals surface area contributed by atoms with Gasteiger partial charge < -0.3 is 41.4 Å². The summed E-state index contributed by atoms with van der Waals surface area (Å²) in [6, 6.07) is 10.7. The lowest BCUT2D eigenvalue weighted by Crippen LogP contribution is -2.45. The first kappa shape index (κ1) is 37.3. The van der Waals surface area contributed by atoms with Gasteiger partial charge in [-0.25, -0.2) is 9.78 Å². The number of hydrogen-bond acceptors (Lipinski definition) is 11. The lowest BCUT2D eigenvalue weighted by molar-refractivity contribution is -0.154. The van der Waals surface area contributed by atoms with Crippen molar-refractivity contribution in [1.29, 1.82) is 0 Å². The van der Waals surface area contributed by atoms with Crippen molar-refractivity contribution in [3.05, 3.63) is 82.9 Å². The Morgan fingerprint density at radius 1 is 0.942 bits per heavy atom. The highest BCUT2D eigenvalue weighted by Gasteiger charge is 2.45. The molecule has 0 saturated heterocycles. The van der Waals surface area contributed by atoms with Crippen LogP contribution in [0.25, 0.3) is 0 Å². The molecule has 0 bridgehead atoms. The molecule has 0 unspecified atom stereocenters. The maximum atomic E-state index is 12.9. The Labute approximate surface area is 298 Å². The van der Waals surface area contributed by atoms with Gasteiger partial charge in [0.25, 0.3) is 5.91 Å². The number of anilines is 3. The molecule has 4 aromatic rings. The number of nitrogens with one attached hydrogen (secondary N) is 6. The van der Waals surface area contributed by atoms with E-state index < -0.39 is 54.1 Å². The molecule has 0 radical (unpaired) electrons. The predicted octanol–water partition coefficient (Wildman–Crippen LogP) is 3.08. The number of imidazole rings is 1. The number of aromatic nitrogens is 5. The first-order valence-corrected chi connectivity index (χ1v) is 16.1.